The molecule has 7 nitrogen and oxygen atoms in total. The zero-order valence-corrected chi connectivity index (χ0v) is 16.6. The van der Waals surface area contributed by atoms with Crippen LogP contribution < -0.4 is 10.5 Å². The van der Waals surface area contributed by atoms with Gasteiger partial charge in [-0.05, 0) is 43.2 Å². The molecule has 0 fully saturated rings. The number of primary sulfonamides is 1. The minimum Gasteiger partial charge on any atom is -0.340 e. The molecule has 3 aromatic rings. The lowest BCUT2D eigenvalue weighted by Gasteiger charge is -2.17. The summed E-state index contributed by atoms with van der Waals surface area (Å²) < 4.78 is 64.2. The summed E-state index contributed by atoms with van der Waals surface area (Å²) in [6.45, 7) is 3.08. The van der Waals surface area contributed by atoms with E-state index in [0.717, 1.165) is 12.3 Å². The highest BCUT2D eigenvalue weighted by atomic mass is 32.2. The van der Waals surface area contributed by atoms with Crippen LogP contribution in [0.2, 0.25) is 0 Å². The van der Waals surface area contributed by atoms with Gasteiger partial charge in [0.05, 0.1) is 22.5 Å². The number of halogens is 3. The van der Waals surface area contributed by atoms with Crippen molar-refractivity contribution in [1.82, 2.24) is 14.5 Å². The molecule has 0 saturated heterocycles. The van der Waals surface area contributed by atoms with Crippen molar-refractivity contribution in [3.8, 4) is 11.3 Å². The number of pyridine rings is 1. The smallest absolute Gasteiger partial charge is 0.340 e. The van der Waals surface area contributed by atoms with Gasteiger partial charge in [-0.3, -0.25) is 0 Å². The Kier molecular flexibility index (Phi) is 5.13. The second kappa shape index (κ2) is 7.16. The van der Waals surface area contributed by atoms with Crippen LogP contribution in [-0.4, -0.2) is 23.0 Å². The molecular formula is C18H18F3N5O2S. The molecule has 0 unspecified atom stereocenters. The van der Waals surface area contributed by atoms with Crippen molar-refractivity contribution in [2.24, 2.45) is 12.2 Å². The predicted octanol–water partition coefficient (Wildman–Crippen LogP) is 3.51. The van der Waals surface area contributed by atoms with Gasteiger partial charge in [-0.2, -0.15) is 13.2 Å². The second-order valence-electron chi connectivity index (χ2n) is 6.59. The summed E-state index contributed by atoms with van der Waals surface area (Å²) in [6, 6.07) is 3.80. The van der Waals surface area contributed by atoms with E-state index in [9.17, 15) is 21.6 Å². The number of rotatable bonds is 4. The molecule has 2 aromatic heterocycles. The van der Waals surface area contributed by atoms with Crippen LogP contribution in [0.5, 0.6) is 0 Å². The van der Waals surface area contributed by atoms with Crippen molar-refractivity contribution in [3.63, 3.8) is 0 Å². The number of alkyl halides is 3. The van der Waals surface area contributed by atoms with Gasteiger partial charge in [0.25, 0.3) is 0 Å². The fourth-order valence-electron chi connectivity index (χ4n) is 2.97. The van der Waals surface area contributed by atoms with E-state index in [1.165, 1.54) is 19.1 Å². The minimum absolute atomic E-state index is 0.0687. The molecule has 0 aliphatic heterocycles. The minimum atomic E-state index is -4.50. The number of nitrogens with one attached hydrogen (secondary N) is 1. The highest BCUT2D eigenvalue weighted by Crippen LogP contribution is 2.36. The van der Waals surface area contributed by atoms with Gasteiger partial charge >= 0.3 is 6.18 Å². The highest BCUT2D eigenvalue weighted by Gasteiger charge is 2.31. The van der Waals surface area contributed by atoms with Crippen LogP contribution in [0.15, 0.2) is 41.8 Å². The van der Waals surface area contributed by atoms with E-state index in [1.807, 2.05) is 0 Å². The van der Waals surface area contributed by atoms with Crippen LogP contribution in [0.1, 0.15) is 16.7 Å². The molecule has 0 radical (unpaired) electrons. The summed E-state index contributed by atoms with van der Waals surface area (Å²) in [5.41, 5.74) is 1.15. The van der Waals surface area contributed by atoms with Gasteiger partial charge in [0.15, 0.2) is 0 Å². The lowest BCUT2D eigenvalue weighted by Crippen LogP contribution is -2.14. The van der Waals surface area contributed by atoms with Crippen molar-refractivity contribution >= 4 is 21.5 Å². The average molecular weight is 425 g/mol. The Morgan fingerprint density at radius 1 is 1.17 bits per heavy atom. The Bertz CT molecular complexity index is 1190. The number of imidazole rings is 1. The Morgan fingerprint density at radius 3 is 2.38 bits per heavy atom. The molecule has 11 heteroatoms. The predicted molar refractivity (Wildman–Crippen MR) is 102 cm³/mol. The van der Waals surface area contributed by atoms with Gasteiger partial charge in [0.2, 0.25) is 10.0 Å². The summed E-state index contributed by atoms with van der Waals surface area (Å²) in [4.78, 5) is 8.07. The first kappa shape index (κ1) is 20.8. The highest BCUT2D eigenvalue weighted by molar-refractivity contribution is 7.89. The summed E-state index contributed by atoms with van der Waals surface area (Å²) in [6.07, 6.45) is -0.526. The topological polar surface area (TPSA) is 103 Å². The van der Waals surface area contributed by atoms with E-state index in [-0.39, 0.29) is 16.3 Å². The van der Waals surface area contributed by atoms with Gasteiger partial charge in [0, 0.05) is 30.7 Å². The first-order valence-electron chi connectivity index (χ1n) is 8.33. The van der Waals surface area contributed by atoms with Crippen molar-refractivity contribution in [1.29, 1.82) is 0 Å². The molecule has 29 heavy (non-hydrogen) atoms. The molecule has 0 bridgehead atoms. The number of sulfonamides is 1. The summed E-state index contributed by atoms with van der Waals surface area (Å²) in [5, 5.41) is 8.28. The number of nitrogens with two attached hydrogens (primary N) is 1. The second-order valence-corrected chi connectivity index (χ2v) is 8.12. The molecule has 0 aliphatic carbocycles. The van der Waals surface area contributed by atoms with E-state index in [4.69, 9.17) is 5.14 Å². The first-order valence-corrected chi connectivity index (χ1v) is 9.88. The quantitative estimate of drug-likeness (QED) is 0.666. The van der Waals surface area contributed by atoms with Crippen LogP contribution in [0.25, 0.3) is 11.3 Å². The number of aromatic nitrogens is 3. The standard InChI is InChI=1S/C18H18F3N5O2S/c1-10-6-12(18(19,20)21)7-23-17(10)25-13-4-5-15(29(22,27)28)11(2)16(13)14-8-26(3)9-24-14/h4-9H,1-3H3,(H,23,25)(H2,22,27,28). The van der Waals surface area contributed by atoms with Crippen LogP contribution in [-0.2, 0) is 23.2 Å². The summed E-state index contributed by atoms with van der Waals surface area (Å²) >= 11 is 0. The van der Waals surface area contributed by atoms with Crippen molar-refractivity contribution in [2.75, 3.05) is 5.32 Å². The van der Waals surface area contributed by atoms with Crippen molar-refractivity contribution < 1.29 is 21.6 Å². The molecule has 2 heterocycles. The van der Waals surface area contributed by atoms with E-state index in [0.29, 0.717) is 22.5 Å². The monoisotopic (exact) mass is 425 g/mol. The first-order chi connectivity index (χ1) is 13.4. The molecule has 3 N–H and O–H groups in total. The molecule has 0 amide bonds. The largest absolute Gasteiger partial charge is 0.417 e. The third kappa shape index (κ3) is 4.25. The van der Waals surface area contributed by atoms with Gasteiger partial charge in [-0.25, -0.2) is 23.5 Å². The SMILES string of the molecule is Cc1cc(C(F)(F)F)cnc1Nc1ccc(S(N)(=O)=O)c(C)c1-c1cn(C)cn1. The molecule has 0 aliphatic rings. The maximum Gasteiger partial charge on any atom is 0.417 e. The Balaban J connectivity index is 2.14. The molecule has 0 saturated carbocycles. The molecule has 3 rings (SSSR count). The summed E-state index contributed by atoms with van der Waals surface area (Å²) in [7, 11) is -2.23. The number of nitrogens with zero attached hydrogens (tertiary/aromatic N) is 3. The lowest BCUT2D eigenvalue weighted by atomic mass is 10.0. The lowest BCUT2D eigenvalue weighted by molar-refractivity contribution is -0.137. The van der Waals surface area contributed by atoms with E-state index < -0.39 is 21.8 Å². The van der Waals surface area contributed by atoms with Gasteiger partial charge in [-0.1, -0.05) is 0 Å². The Hall–Kier alpha value is -2.92. The fraction of sp³-hybridized carbons (Fsp3) is 0.222. The zero-order chi connectivity index (χ0) is 21.6. The average Bonchev–Trinajstić information content (AvgIpc) is 3.00. The third-order valence-electron chi connectivity index (χ3n) is 4.34. The zero-order valence-electron chi connectivity index (χ0n) is 15.7. The molecule has 154 valence electrons. The maximum atomic E-state index is 12.9. The van der Waals surface area contributed by atoms with E-state index in [1.54, 1.807) is 31.1 Å². The molecule has 0 spiro atoms. The number of benzene rings is 1. The van der Waals surface area contributed by atoms with Crippen molar-refractivity contribution in [3.05, 3.63) is 53.6 Å². The van der Waals surface area contributed by atoms with Crippen LogP contribution in [0, 0.1) is 13.8 Å². The Morgan fingerprint density at radius 2 is 1.86 bits per heavy atom. The van der Waals surface area contributed by atoms with E-state index in [2.05, 4.69) is 15.3 Å². The van der Waals surface area contributed by atoms with E-state index >= 15 is 0 Å². The van der Waals surface area contributed by atoms with Crippen LogP contribution in [0.4, 0.5) is 24.7 Å². The number of hydrogen-bond donors (Lipinski definition) is 2. The van der Waals surface area contributed by atoms with Gasteiger partial charge < -0.3 is 9.88 Å². The van der Waals surface area contributed by atoms with Crippen LogP contribution in [0.3, 0.4) is 0 Å². The van der Waals surface area contributed by atoms with Gasteiger partial charge in [0.1, 0.15) is 5.82 Å². The number of hydrogen-bond acceptors (Lipinski definition) is 5. The Labute approximate surface area is 165 Å². The van der Waals surface area contributed by atoms with Gasteiger partial charge in [-0.15, -0.1) is 0 Å². The van der Waals surface area contributed by atoms with Crippen LogP contribution >= 0.6 is 0 Å². The maximum absolute atomic E-state index is 12.9. The molecular weight excluding hydrogens is 407 g/mol. The number of anilines is 2. The fourth-order valence-corrected chi connectivity index (χ4v) is 3.75. The molecule has 0 atom stereocenters. The number of aryl methyl sites for hydroxylation is 2. The summed E-state index contributed by atoms with van der Waals surface area (Å²) in [5.74, 6) is 0.206. The van der Waals surface area contributed by atoms with Crippen molar-refractivity contribution in [2.45, 2.75) is 24.9 Å². The normalized spacial score (nSPS) is 12.2. The third-order valence-corrected chi connectivity index (χ3v) is 5.40. The molecule has 1 aromatic carbocycles.